The van der Waals surface area contributed by atoms with E-state index in [1.807, 2.05) is 43.3 Å². The molecule has 2 aromatic carbocycles. The predicted molar refractivity (Wildman–Crippen MR) is 147 cm³/mol. The van der Waals surface area contributed by atoms with E-state index in [0.29, 0.717) is 44.0 Å². The number of para-hydroxylation sites is 1. The minimum absolute atomic E-state index is 0.00292. The first-order chi connectivity index (χ1) is 19.5. The number of aromatic amines is 1. The van der Waals surface area contributed by atoms with Crippen LogP contribution in [0.1, 0.15) is 42.6 Å². The van der Waals surface area contributed by atoms with E-state index in [2.05, 4.69) is 21.3 Å². The van der Waals surface area contributed by atoms with Crippen molar-refractivity contribution in [2.45, 2.75) is 44.3 Å². The number of nitrogens with zero attached hydrogens (tertiary/aromatic N) is 3. The van der Waals surface area contributed by atoms with E-state index in [4.69, 9.17) is 9.47 Å². The third kappa shape index (κ3) is 4.09. The Labute approximate surface area is 232 Å². The van der Waals surface area contributed by atoms with Crippen LogP contribution < -0.4 is 14.8 Å². The highest BCUT2D eigenvalue weighted by Gasteiger charge is 2.50. The summed E-state index contributed by atoms with van der Waals surface area (Å²) in [5, 5.41) is 3.92. The van der Waals surface area contributed by atoms with E-state index in [1.165, 1.54) is 0 Å². The molecule has 0 radical (unpaired) electrons. The lowest BCUT2D eigenvalue weighted by Crippen LogP contribution is -2.65. The molecule has 2 N–H and O–H groups in total. The number of likely N-dealkylation sites (tertiary alicyclic amines) is 1. The molecule has 0 spiro atoms. The van der Waals surface area contributed by atoms with E-state index in [9.17, 15) is 14.4 Å². The number of aromatic nitrogens is 1. The van der Waals surface area contributed by atoms with Crippen molar-refractivity contribution in [3.63, 3.8) is 0 Å². The number of amides is 3. The number of carbonyl (C=O) groups is 3. The Hall–Kier alpha value is -4.05. The second-order valence-corrected chi connectivity index (χ2v) is 11.0. The van der Waals surface area contributed by atoms with Gasteiger partial charge in [0, 0.05) is 61.7 Å². The number of benzene rings is 2. The Morgan fingerprint density at radius 3 is 2.85 bits per heavy atom. The van der Waals surface area contributed by atoms with Gasteiger partial charge in [-0.15, -0.1) is 0 Å². The molecule has 1 aromatic heterocycles. The van der Waals surface area contributed by atoms with Crippen molar-refractivity contribution in [1.82, 2.24) is 25.0 Å². The molecule has 5 heterocycles. The molecular weight excluding hydrogens is 510 g/mol. The van der Waals surface area contributed by atoms with Crippen molar-refractivity contribution in [3.05, 3.63) is 59.3 Å². The summed E-state index contributed by atoms with van der Waals surface area (Å²) in [5.41, 5.74) is 3.91. The molecular formula is C30H33N5O5. The van der Waals surface area contributed by atoms with Crippen LogP contribution in [0.15, 0.2) is 42.5 Å². The molecule has 3 atom stereocenters. The molecule has 2 saturated heterocycles. The van der Waals surface area contributed by atoms with E-state index in [1.54, 1.807) is 9.80 Å². The van der Waals surface area contributed by atoms with E-state index < -0.39 is 12.1 Å². The minimum atomic E-state index is -0.590. The Morgan fingerprint density at radius 2 is 1.98 bits per heavy atom. The lowest BCUT2D eigenvalue weighted by atomic mass is 9.85. The van der Waals surface area contributed by atoms with Crippen LogP contribution in [0.5, 0.6) is 11.5 Å². The number of ether oxygens (including phenoxy) is 2. The van der Waals surface area contributed by atoms with Gasteiger partial charge in [-0.05, 0) is 42.7 Å². The number of H-pyrrole nitrogens is 1. The molecule has 40 heavy (non-hydrogen) atoms. The average Bonchev–Trinajstić information content (AvgIpc) is 3.71. The largest absolute Gasteiger partial charge is 0.454 e. The van der Waals surface area contributed by atoms with Crippen LogP contribution in [0.3, 0.4) is 0 Å². The summed E-state index contributed by atoms with van der Waals surface area (Å²) < 4.78 is 11.2. The van der Waals surface area contributed by atoms with Crippen LogP contribution in [-0.4, -0.2) is 89.0 Å². The van der Waals surface area contributed by atoms with Crippen LogP contribution in [0, 0.1) is 0 Å². The molecule has 2 fully saturated rings. The zero-order valence-corrected chi connectivity index (χ0v) is 22.5. The second-order valence-electron chi connectivity index (χ2n) is 11.0. The maximum absolute atomic E-state index is 14.2. The van der Waals surface area contributed by atoms with Crippen molar-refractivity contribution < 1.29 is 23.9 Å². The first-order valence-electron chi connectivity index (χ1n) is 14.1. The van der Waals surface area contributed by atoms with E-state index >= 15 is 0 Å². The van der Waals surface area contributed by atoms with Gasteiger partial charge in [-0.3, -0.25) is 14.4 Å². The SMILES string of the molecule is CCNC(=O)CCN1CC[C@@H](N2CC(=O)N3[C@H](c4ccc5c(c4)OCO5)c4[nH]c5ccccc5c4C[C@@H]3C2=O)C1. The van der Waals surface area contributed by atoms with Gasteiger partial charge in [0.1, 0.15) is 12.6 Å². The lowest BCUT2D eigenvalue weighted by molar-refractivity contribution is -0.160. The van der Waals surface area contributed by atoms with Crippen LogP contribution in [0.2, 0.25) is 0 Å². The highest BCUT2D eigenvalue weighted by atomic mass is 16.7. The maximum atomic E-state index is 14.2. The quantitative estimate of drug-likeness (QED) is 0.494. The monoisotopic (exact) mass is 543 g/mol. The van der Waals surface area contributed by atoms with Gasteiger partial charge in [0.15, 0.2) is 11.5 Å². The van der Waals surface area contributed by atoms with Gasteiger partial charge in [0.05, 0.1) is 6.04 Å². The Kier molecular flexibility index (Phi) is 6.14. The van der Waals surface area contributed by atoms with Gasteiger partial charge in [-0.25, -0.2) is 0 Å². The van der Waals surface area contributed by atoms with Gasteiger partial charge in [-0.2, -0.15) is 0 Å². The number of piperazine rings is 1. The van der Waals surface area contributed by atoms with Gasteiger partial charge < -0.3 is 34.5 Å². The van der Waals surface area contributed by atoms with Crippen molar-refractivity contribution in [3.8, 4) is 11.5 Å². The van der Waals surface area contributed by atoms with Gasteiger partial charge in [0.25, 0.3) is 0 Å². The molecule has 4 aliphatic rings. The highest BCUT2D eigenvalue weighted by molar-refractivity contribution is 5.98. The highest BCUT2D eigenvalue weighted by Crippen LogP contribution is 2.45. The Morgan fingerprint density at radius 1 is 1.12 bits per heavy atom. The van der Waals surface area contributed by atoms with Gasteiger partial charge in [0.2, 0.25) is 24.5 Å². The van der Waals surface area contributed by atoms with Crippen molar-refractivity contribution in [1.29, 1.82) is 0 Å². The van der Waals surface area contributed by atoms with E-state index in [-0.39, 0.29) is 37.1 Å². The van der Waals surface area contributed by atoms with Gasteiger partial charge in [-0.1, -0.05) is 24.3 Å². The van der Waals surface area contributed by atoms with Gasteiger partial charge >= 0.3 is 0 Å². The zero-order chi connectivity index (χ0) is 27.4. The molecule has 10 nitrogen and oxygen atoms in total. The Bertz CT molecular complexity index is 1500. The molecule has 3 aromatic rings. The predicted octanol–water partition coefficient (Wildman–Crippen LogP) is 2.18. The zero-order valence-electron chi connectivity index (χ0n) is 22.5. The number of nitrogens with one attached hydrogen (secondary N) is 2. The number of fused-ring (bicyclic) bond motifs is 5. The molecule has 3 amide bonds. The average molecular weight is 544 g/mol. The smallest absolute Gasteiger partial charge is 0.246 e. The summed E-state index contributed by atoms with van der Waals surface area (Å²) in [4.78, 5) is 49.5. The fourth-order valence-electron chi connectivity index (χ4n) is 6.84. The molecule has 0 unspecified atom stereocenters. The van der Waals surface area contributed by atoms with Crippen molar-refractivity contribution >= 4 is 28.6 Å². The number of rotatable bonds is 6. The molecule has 0 aliphatic carbocycles. The topological polar surface area (TPSA) is 107 Å². The number of carbonyl (C=O) groups excluding carboxylic acids is 3. The summed E-state index contributed by atoms with van der Waals surface area (Å²) in [6.07, 6.45) is 1.70. The molecule has 0 saturated carbocycles. The Balaban J connectivity index is 1.20. The van der Waals surface area contributed by atoms with Crippen LogP contribution in [-0.2, 0) is 20.8 Å². The summed E-state index contributed by atoms with van der Waals surface area (Å²) in [6, 6.07) is 12.8. The molecule has 7 rings (SSSR count). The van der Waals surface area contributed by atoms with Crippen LogP contribution in [0.4, 0.5) is 0 Å². The summed E-state index contributed by atoms with van der Waals surface area (Å²) >= 11 is 0. The third-order valence-corrected chi connectivity index (χ3v) is 8.72. The summed E-state index contributed by atoms with van der Waals surface area (Å²) in [7, 11) is 0. The van der Waals surface area contributed by atoms with Crippen molar-refractivity contribution in [2.24, 2.45) is 0 Å². The van der Waals surface area contributed by atoms with Crippen LogP contribution >= 0.6 is 0 Å². The standard InChI is InChI=1S/C30H33N5O5/c1-2-31-26(36)10-12-33-11-9-19(15-33)34-16-27(37)35-23(30(34)38)14-21-20-5-3-4-6-22(20)32-28(21)29(35)18-7-8-24-25(13-18)40-17-39-24/h3-8,13,19,23,29,32H,2,9-12,14-17H2,1H3,(H,31,36)/t19-,23-,29-/m1/s1. The molecule has 208 valence electrons. The van der Waals surface area contributed by atoms with Crippen molar-refractivity contribution in [2.75, 3.05) is 39.5 Å². The first-order valence-corrected chi connectivity index (χ1v) is 14.1. The number of hydrogen-bond donors (Lipinski definition) is 2. The fourth-order valence-corrected chi connectivity index (χ4v) is 6.84. The number of hydrogen-bond acceptors (Lipinski definition) is 6. The first kappa shape index (κ1) is 25.0. The molecule has 10 heteroatoms. The van der Waals surface area contributed by atoms with E-state index in [0.717, 1.165) is 40.7 Å². The summed E-state index contributed by atoms with van der Waals surface area (Å²) in [6.45, 7) is 4.89. The third-order valence-electron chi connectivity index (χ3n) is 8.72. The second kappa shape index (κ2) is 9.85. The fraction of sp³-hybridized carbons (Fsp3) is 0.433. The minimum Gasteiger partial charge on any atom is -0.454 e. The lowest BCUT2D eigenvalue weighted by Gasteiger charge is -2.48. The van der Waals surface area contributed by atoms with Crippen LogP contribution in [0.25, 0.3) is 10.9 Å². The summed E-state index contributed by atoms with van der Waals surface area (Å²) in [5.74, 6) is 1.30. The molecule has 4 aliphatic heterocycles. The maximum Gasteiger partial charge on any atom is 0.246 e. The normalized spacial score (nSPS) is 24.0. The molecule has 0 bridgehead atoms.